The van der Waals surface area contributed by atoms with Gasteiger partial charge in [-0.3, -0.25) is 19.7 Å². The van der Waals surface area contributed by atoms with Crippen molar-refractivity contribution in [3.8, 4) is 0 Å². The van der Waals surface area contributed by atoms with E-state index in [0.717, 1.165) is 0 Å². The molecule has 1 aliphatic heterocycles. The predicted octanol–water partition coefficient (Wildman–Crippen LogP) is 1.73. The van der Waals surface area contributed by atoms with Crippen molar-refractivity contribution in [1.29, 1.82) is 0 Å². The van der Waals surface area contributed by atoms with E-state index in [1.54, 1.807) is 31.2 Å². The molecule has 1 aromatic carbocycles. The minimum absolute atomic E-state index is 0.273. The van der Waals surface area contributed by atoms with Crippen molar-refractivity contribution < 1.29 is 14.4 Å². The molecule has 1 aliphatic rings. The lowest BCUT2D eigenvalue weighted by Crippen LogP contribution is -2.19. The van der Waals surface area contributed by atoms with Gasteiger partial charge in [-0.05, 0) is 23.7 Å². The number of carbonyl (C=O) groups is 3. The molecule has 0 radical (unpaired) electrons. The first-order valence-electron chi connectivity index (χ1n) is 4.69. The summed E-state index contributed by atoms with van der Waals surface area (Å²) in [7, 11) is 0. The molecule has 1 heterocycles. The van der Waals surface area contributed by atoms with Crippen LogP contribution in [0.25, 0.3) is 0 Å². The largest absolute Gasteiger partial charge is 0.288 e. The Bertz CT molecular complexity index is 410. The molecular weight excluding hydrogens is 230 g/mol. The van der Waals surface area contributed by atoms with Gasteiger partial charge in [0.25, 0.3) is 11.8 Å². The molecule has 0 saturated heterocycles. The van der Waals surface area contributed by atoms with Gasteiger partial charge in [0, 0.05) is 6.42 Å². The fourth-order valence-corrected chi connectivity index (χ4v) is 1.12. The zero-order valence-corrected chi connectivity index (χ0v) is 9.38. The minimum atomic E-state index is -0.300. The number of benzene rings is 1. The monoisotopic (exact) mass is 239 g/mol. The van der Waals surface area contributed by atoms with Crippen molar-refractivity contribution in [1.82, 2.24) is 5.32 Å². The van der Waals surface area contributed by atoms with Gasteiger partial charge in [-0.2, -0.15) is 0 Å². The quantitative estimate of drug-likeness (QED) is 0.600. The van der Waals surface area contributed by atoms with Crippen LogP contribution in [0.15, 0.2) is 24.3 Å². The van der Waals surface area contributed by atoms with Crippen LogP contribution >= 0.6 is 11.6 Å². The predicted molar refractivity (Wildman–Crippen MR) is 59.4 cm³/mol. The molecular formula is C11H10ClNO3. The number of hydrogen-bond donors (Lipinski definition) is 1. The number of imide groups is 1. The maximum Gasteiger partial charge on any atom is 0.258 e. The van der Waals surface area contributed by atoms with Crippen molar-refractivity contribution in [3.63, 3.8) is 0 Å². The van der Waals surface area contributed by atoms with E-state index in [-0.39, 0.29) is 17.1 Å². The standard InChI is InChI=1S/C8H5NO2.C3H5ClO/c10-7-5-3-1-2-4-6(5)8(11)9-7;1-2-3(4)5/h1-4H,(H,9,10,11);2H2,1H3. The third-order valence-corrected chi connectivity index (χ3v) is 2.19. The fraction of sp³-hybridized carbons (Fsp3) is 0.182. The van der Waals surface area contributed by atoms with E-state index in [4.69, 9.17) is 11.6 Å². The summed E-state index contributed by atoms with van der Waals surface area (Å²) in [6, 6.07) is 6.74. The molecule has 0 bridgehead atoms. The van der Waals surface area contributed by atoms with Crippen LogP contribution in [0.3, 0.4) is 0 Å². The van der Waals surface area contributed by atoms with E-state index in [1.165, 1.54) is 0 Å². The van der Waals surface area contributed by atoms with Crippen LogP contribution < -0.4 is 5.32 Å². The summed E-state index contributed by atoms with van der Waals surface area (Å²) in [5.41, 5.74) is 0.940. The normalized spacial score (nSPS) is 12.4. The molecule has 4 nitrogen and oxygen atoms in total. The van der Waals surface area contributed by atoms with Gasteiger partial charge in [-0.25, -0.2) is 0 Å². The van der Waals surface area contributed by atoms with Crippen molar-refractivity contribution in [2.75, 3.05) is 0 Å². The molecule has 16 heavy (non-hydrogen) atoms. The van der Waals surface area contributed by atoms with E-state index in [2.05, 4.69) is 5.32 Å². The summed E-state index contributed by atoms with van der Waals surface area (Å²) in [6.45, 7) is 1.72. The van der Waals surface area contributed by atoms with E-state index in [9.17, 15) is 14.4 Å². The molecule has 0 aromatic heterocycles. The van der Waals surface area contributed by atoms with Crippen LogP contribution in [0, 0.1) is 0 Å². The summed E-state index contributed by atoms with van der Waals surface area (Å²) in [6.07, 6.45) is 0.432. The van der Waals surface area contributed by atoms with E-state index in [0.29, 0.717) is 17.5 Å². The second-order valence-electron chi connectivity index (χ2n) is 3.04. The van der Waals surface area contributed by atoms with Gasteiger partial charge in [0.2, 0.25) is 5.24 Å². The average molecular weight is 240 g/mol. The number of rotatable bonds is 1. The zero-order chi connectivity index (χ0) is 12.1. The third kappa shape index (κ3) is 2.90. The molecule has 2 amide bonds. The highest BCUT2D eigenvalue weighted by atomic mass is 35.5. The van der Waals surface area contributed by atoms with Crippen LogP contribution in [-0.4, -0.2) is 17.1 Å². The summed E-state index contributed by atoms with van der Waals surface area (Å²) in [5, 5.41) is 1.93. The molecule has 0 fully saturated rings. The summed E-state index contributed by atoms with van der Waals surface area (Å²) < 4.78 is 0. The van der Waals surface area contributed by atoms with E-state index in [1.807, 2.05) is 0 Å². The zero-order valence-electron chi connectivity index (χ0n) is 8.62. The Morgan fingerprint density at radius 3 is 1.88 bits per heavy atom. The SMILES string of the molecule is CCC(=O)Cl.O=C1NC(=O)c2ccccc21. The molecule has 0 atom stereocenters. The third-order valence-electron chi connectivity index (χ3n) is 1.92. The molecule has 0 saturated carbocycles. The van der Waals surface area contributed by atoms with Crippen LogP contribution in [0.5, 0.6) is 0 Å². The Morgan fingerprint density at radius 2 is 1.56 bits per heavy atom. The minimum Gasteiger partial charge on any atom is -0.288 e. The highest BCUT2D eigenvalue weighted by molar-refractivity contribution is 6.63. The van der Waals surface area contributed by atoms with Crippen molar-refractivity contribution in [3.05, 3.63) is 35.4 Å². The summed E-state index contributed by atoms with van der Waals surface area (Å²) in [4.78, 5) is 31.5. The Hall–Kier alpha value is -1.68. The van der Waals surface area contributed by atoms with Crippen molar-refractivity contribution >= 4 is 28.7 Å². The van der Waals surface area contributed by atoms with Crippen LogP contribution in [0.2, 0.25) is 0 Å². The molecule has 1 N–H and O–H groups in total. The molecule has 2 rings (SSSR count). The van der Waals surface area contributed by atoms with Gasteiger partial charge in [0.1, 0.15) is 0 Å². The maximum atomic E-state index is 10.9. The van der Waals surface area contributed by atoms with Gasteiger partial charge in [-0.1, -0.05) is 19.1 Å². The van der Waals surface area contributed by atoms with Gasteiger partial charge in [0.05, 0.1) is 11.1 Å². The summed E-state index contributed by atoms with van der Waals surface area (Å²) >= 11 is 4.82. The molecule has 1 aromatic rings. The van der Waals surface area contributed by atoms with Crippen LogP contribution in [0.1, 0.15) is 34.1 Å². The lowest BCUT2D eigenvalue weighted by Gasteiger charge is -1.88. The van der Waals surface area contributed by atoms with Gasteiger partial charge in [0.15, 0.2) is 0 Å². The van der Waals surface area contributed by atoms with Gasteiger partial charge in [-0.15, -0.1) is 0 Å². The molecule has 0 aliphatic carbocycles. The molecule has 5 heteroatoms. The Labute approximate surface area is 97.6 Å². The first-order chi connectivity index (χ1) is 7.56. The topological polar surface area (TPSA) is 63.2 Å². The van der Waals surface area contributed by atoms with Gasteiger partial charge >= 0.3 is 0 Å². The Morgan fingerprint density at radius 1 is 1.19 bits per heavy atom. The van der Waals surface area contributed by atoms with Crippen LogP contribution in [-0.2, 0) is 4.79 Å². The average Bonchev–Trinajstić information content (AvgIpc) is 2.56. The number of hydrogen-bond acceptors (Lipinski definition) is 3. The number of fused-ring (bicyclic) bond motifs is 1. The second-order valence-corrected chi connectivity index (χ2v) is 3.46. The smallest absolute Gasteiger partial charge is 0.258 e. The molecule has 0 spiro atoms. The highest BCUT2D eigenvalue weighted by Crippen LogP contribution is 2.13. The fourth-order valence-electron chi connectivity index (χ4n) is 1.12. The molecule has 84 valence electrons. The highest BCUT2D eigenvalue weighted by Gasteiger charge is 2.25. The second kappa shape index (κ2) is 5.42. The van der Waals surface area contributed by atoms with Gasteiger partial charge < -0.3 is 0 Å². The van der Waals surface area contributed by atoms with Crippen molar-refractivity contribution in [2.45, 2.75) is 13.3 Å². The Kier molecular flexibility index (Phi) is 4.19. The first kappa shape index (κ1) is 12.4. The number of halogens is 1. The Balaban J connectivity index is 0.000000221. The lowest BCUT2D eigenvalue weighted by molar-refractivity contribution is -0.111. The number of carbonyl (C=O) groups excluding carboxylic acids is 3. The van der Waals surface area contributed by atoms with Crippen LogP contribution in [0.4, 0.5) is 0 Å². The number of amides is 2. The first-order valence-corrected chi connectivity index (χ1v) is 5.07. The van der Waals surface area contributed by atoms with E-state index >= 15 is 0 Å². The van der Waals surface area contributed by atoms with E-state index < -0.39 is 0 Å². The molecule has 0 unspecified atom stereocenters. The lowest BCUT2D eigenvalue weighted by atomic mass is 10.1. The van der Waals surface area contributed by atoms with Crippen molar-refractivity contribution in [2.24, 2.45) is 0 Å². The maximum absolute atomic E-state index is 10.9. The summed E-state index contributed by atoms with van der Waals surface area (Å²) in [5.74, 6) is -0.601. The number of nitrogens with one attached hydrogen (secondary N) is 1.